The number of nitrogens with zero attached hydrogens (tertiary/aromatic N) is 1. The number of methoxy groups -OCH3 is 2. The van der Waals surface area contributed by atoms with Crippen LogP contribution in [0.25, 0.3) is 0 Å². The van der Waals surface area contributed by atoms with E-state index in [-0.39, 0.29) is 12.8 Å². The lowest BCUT2D eigenvalue weighted by atomic mass is 10.0. The summed E-state index contributed by atoms with van der Waals surface area (Å²) in [5, 5.41) is 0. The second-order valence-corrected chi connectivity index (χ2v) is 5.50. The first-order chi connectivity index (χ1) is 11.5. The molecule has 0 spiro atoms. The summed E-state index contributed by atoms with van der Waals surface area (Å²) in [5.74, 6) is -0.420. The lowest BCUT2D eigenvalue weighted by molar-refractivity contribution is -0.118. The number of carbonyl (C=O) groups is 1. The molecular formula is C18H27NO5. The van der Waals surface area contributed by atoms with Gasteiger partial charge in [0.1, 0.15) is 19.0 Å². The molecule has 0 unspecified atom stereocenters. The highest BCUT2D eigenvalue weighted by Crippen LogP contribution is 2.17. The number of likely N-dealkylation sites (N-methyl/N-ethyl adjacent to an activating group) is 1. The van der Waals surface area contributed by atoms with E-state index in [2.05, 4.69) is 6.58 Å². The molecule has 0 radical (unpaired) electrons. The summed E-state index contributed by atoms with van der Waals surface area (Å²) in [6, 6.07) is 8.63. The topological polar surface area (TPSA) is 57.2 Å². The SMILES string of the molecule is C=C[C@@H](OCOC)[C@@H](OC(=O)c1ccccc1)[C@H](COC)N(C)C. The van der Waals surface area contributed by atoms with Gasteiger partial charge >= 0.3 is 5.97 Å². The van der Waals surface area contributed by atoms with Crippen molar-refractivity contribution in [2.24, 2.45) is 0 Å². The second-order valence-electron chi connectivity index (χ2n) is 5.50. The normalized spacial score (nSPS) is 14.9. The van der Waals surface area contributed by atoms with Gasteiger partial charge < -0.3 is 23.8 Å². The molecule has 0 bridgehead atoms. The van der Waals surface area contributed by atoms with Crippen LogP contribution in [-0.4, -0.2) is 70.8 Å². The van der Waals surface area contributed by atoms with Crippen molar-refractivity contribution in [3.63, 3.8) is 0 Å². The Morgan fingerprint density at radius 3 is 2.38 bits per heavy atom. The fourth-order valence-electron chi connectivity index (χ4n) is 2.28. The number of benzene rings is 1. The molecule has 24 heavy (non-hydrogen) atoms. The van der Waals surface area contributed by atoms with Crippen LogP contribution in [0.5, 0.6) is 0 Å². The number of esters is 1. The summed E-state index contributed by atoms with van der Waals surface area (Å²) in [5.41, 5.74) is 0.479. The fourth-order valence-corrected chi connectivity index (χ4v) is 2.28. The Balaban J connectivity index is 3.01. The van der Waals surface area contributed by atoms with Crippen LogP contribution in [-0.2, 0) is 18.9 Å². The largest absolute Gasteiger partial charge is 0.454 e. The van der Waals surface area contributed by atoms with Gasteiger partial charge in [-0.3, -0.25) is 0 Å². The maximum absolute atomic E-state index is 12.5. The van der Waals surface area contributed by atoms with Gasteiger partial charge in [-0.1, -0.05) is 24.3 Å². The van der Waals surface area contributed by atoms with E-state index < -0.39 is 18.2 Å². The van der Waals surface area contributed by atoms with E-state index in [1.807, 2.05) is 25.1 Å². The van der Waals surface area contributed by atoms with Crippen molar-refractivity contribution in [3.8, 4) is 0 Å². The molecule has 1 aromatic carbocycles. The lowest BCUT2D eigenvalue weighted by Gasteiger charge is -2.35. The molecule has 6 heteroatoms. The molecule has 0 aliphatic carbocycles. The Morgan fingerprint density at radius 1 is 1.21 bits per heavy atom. The first-order valence-corrected chi connectivity index (χ1v) is 7.69. The molecule has 0 heterocycles. The predicted octanol–water partition coefficient (Wildman–Crippen LogP) is 1.96. The molecule has 1 aromatic rings. The van der Waals surface area contributed by atoms with Crippen LogP contribution in [0.15, 0.2) is 43.0 Å². The highest BCUT2D eigenvalue weighted by atomic mass is 16.7. The third kappa shape index (κ3) is 6.05. The van der Waals surface area contributed by atoms with Crippen LogP contribution in [0.2, 0.25) is 0 Å². The van der Waals surface area contributed by atoms with Gasteiger partial charge in [-0.15, -0.1) is 6.58 Å². The maximum Gasteiger partial charge on any atom is 0.338 e. The Bertz CT molecular complexity index is 491. The van der Waals surface area contributed by atoms with Crippen LogP contribution in [0.4, 0.5) is 0 Å². The molecule has 0 aromatic heterocycles. The number of hydrogen-bond acceptors (Lipinski definition) is 6. The standard InChI is InChI=1S/C18H27NO5/c1-6-16(23-13-22-5)17(15(12-21-4)19(2)3)24-18(20)14-10-8-7-9-11-14/h6-11,15-17H,1,12-13H2,2-5H3/t15-,16+,17-/m0/s1. The van der Waals surface area contributed by atoms with Crippen LogP contribution in [0.1, 0.15) is 10.4 Å². The zero-order valence-corrected chi connectivity index (χ0v) is 14.8. The summed E-state index contributed by atoms with van der Waals surface area (Å²) < 4.78 is 21.6. The molecule has 0 aliphatic heterocycles. The van der Waals surface area contributed by atoms with Crippen molar-refractivity contribution in [1.82, 2.24) is 4.90 Å². The monoisotopic (exact) mass is 337 g/mol. The minimum absolute atomic E-state index is 0.0726. The molecule has 134 valence electrons. The van der Waals surface area contributed by atoms with Crippen molar-refractivity contribution in [2.75, 3.05) is 41.7 Å². The van der Waals surface area contributed by atoms with Crippen molar-refractivity contribution in [3.05, 3.63) is 48.6 Å². The minimum atomic E-state index is -0.597. The van der Waals surface area contributed by atoms with Gasteiger partial charge in [-0.25, -0.2) is 4.79 Å². The third-order valence-electron chi connectivity index (χ3n) is 3.57. The van der Waals surface area contributed by atoms with E-state index in [4.69, 9.17) is 18.9 Å². The van der Waals surface area contributed by atoms with Gasteiger partial charge in [-0.2, -0.15) is 0 Å². The zero-order chi connectivity index (χ0) is 17.9. The van der Waals surface area contributed by atoms with Gasteiger partial charge in [0.25, 0.3) is 0 Å². The predicted molar refractivity (Wildman–Crippen MR) is 91.9 cm³/mol. The van der Waals surface area contributed by atoms with E-state index in [1.165, 1.54) is 7.11 Å². The smallest absolute Gasteiger partial charge is 0.338 e. The van der Waals surface area contributed by atoms with Gasteiger partial charge in [0.15, 0.2) is 0 Å². The van der Waals surface area contributed by atoms with Crippen molar-refractivity contribution in [2.45, 2.75) is 18.2 Å². The molecule has 0 N–H and O–H groups in total. The Kier molecular flexibility index (Phi) is 9.26. The van der Waals surface area contributed by atoms with Gasteiger partial charge in [0.2, 0.25) is 0 Å². The van der Waals surface area contributed by atoms with Crippen molar-refractivity contribution in [1.29, 1.82) is 0 Å². The molecule has 3 atom stereocenters. The summed E-state index contributed by atoms with van der Waals surface area (Å²) in [4.78, 5) is 14.4. The Hall–Kier alpha value is -1.73. The molecule has 0 fully saturated rings. The summed E-state index contributed by atoms with van der Waals surface area (Å²) in [6.07, 6.45) is 0.481. The molecule has 6 nitrogen and oxygen atoms in total. The molecular weight excluding hydrogens is 310 g/mol. The van der Waals surface area contributed by atoms with E-state index in [0.717, 1.165) is 0 Å². The van der Waals surface area contributed by atoms with E-state index in [0.29, 0.717) is 12.2 Å². The molecule has 0 saturated carbocycles. The first kappa shape index (κ1) is 20.3. The van der Waals surface area contributed by atoms with E-state index in [1.54, 1.807) is 37.5 Å². The fraction of sp³-hybridized carbons (Fsp3) is 0.500. The molecule has 0 saturated heterocycles. The highest BCUT2D eigenvalue weighted by molar-refractivity contribution is 5.89. The Labute approximate surface area is 143 Å². The lowest BCUT2D eigenvalue weighted by Crippen LogP contribution is -2.50. The molecule has 0 aliphatic rings. The molecule has 0 amide bonds. The summed E-state index contributed by atoms with van der Waals surface area (Å²) in [6.45, 7) is 4.23. The second kappa shape index (κ2) is 10.9. The van der Waals surface area contributed by atoms with Crippen LogP contribution in [0.3, 0.4) is 0 Å². The quantitative estimate of drug-likeness (QED) is 0.350. The van der Waals surface area contributed by atoms with E-state index in [9.17, 15) is 4.79 Å². The molecule has 1 rings (SSSR count). The number of ether oxygens (including phenoxy) is 4. The Morgan fingerprint density at radius 2 is 1.88 bits per heavy atom. The maximum atomic E-state index is 12.5. The number of hydrogen-bond donors (Lipinski definition) is 0. The zero-order valence-electron chi connectivity index (χ0n) is 14.8. The van der Waals surface area contributed by atoms with Crippen LogP contribution >= 0.6 is 0 Å². The average molecular weight is 337 g/mol. The van der Waals surface area contributed by atoms with Crippen molar-refractivity contribution >= 4 is 5.97 Å². The van der Waals surface area contributed by atoms with Crippen LogP contribution < -0.4 is 0 Å². The van der Waals surface area contributed by atoms with Gasteiger partial charge in [0, 0.05) is 14.2 Å². The average Bonchev–Trinajstić information content (AvgIpc) is 2.59. The third-order valence-corrected chi connectivity index (χ3v) is 3.57. The summed E-state index contributed by atoms with van der Waals surface area (Å²) in [7, 11) is 6.92. The van der Waals surface area contributed by atoms with Crippen molar-refractivity contribution < 1.29 is 23.7 Å². The first-order valence-electron chi connectivity index (χ1n) is 7.69. The number of carbonyl (C=O) groups excluding carboxylic acids is 1. The highest BCUT2D eigenvalue weighted by Gasteiger charge is 2.34. The summed E-state index contributed by atoms with van der Waals surface area (Å²) >= 11 is 0. The van der Waals surface area contributed by atoms with E-state index >= 15 is 0 Å². The van der Waals surface area contributed by atoms with Gasteiger partial charge in [-0.05, 0) is 26.2 Å². The van der Waals surface area contributed by atoms with Gasteiger partial charge in [0.05, 0.1) is 18.2 Å². The number of rotatable bonds is 11. The van der Waals surface area contributed by atoms with Crippen LogP contribution in [0, 0.1) is 0 Å². The minimum Gasteiger partial charge on any atom is -0.454 e.